The molecule has 0 N–H and O–H groups in total. The van der Waals surface area contributed by atoms with Crippen molar-refractivity contribution in [3.05, 3.63) is 188 Å². The van der Waals surface area contributed by atoms with Crippen molar-refractivity contribution in [1.82, 2.24) is 14.5 Å². The summed E-state index contributed by atoms with van der Waals surface area (Å²) in [5.41, 5.74) is 14.6. The number of hydrogen-bond donors (Lipinski definition) is 0. The SMILES string of the molecule is c1ccc(-c2ccc3c(c2)c2cc(-c4ccccc4)ccc2n3-c2cccc(-c3cccc(-c4ncnc5c4oc4ccc6ccccc6c45)c3)c2)cc1. The number of nitrogens with zero attached hydrogens (tertiary/aromatic N) is 3. The van der Waals surface area contributed by atoms with E-state index >= 15 is 0 Å². The average molecular weight is 690 g/mol. The Labute approximate surface area is 311 Å². The second kappa shape index (κ2) is 12.1. The Hall–Kier alpha value is -7.30. The molecule has 0 saturated carbocycles. The zero-order valence-corrected chi connectivity index (χ0v) is 29.1. The normalized spacial score (nSPS) is 11.7. The van der Waals surface area contributed by atoms with Crippen molar-refractivity contribution < 1.29 is 4.42 Å². The van der Waals surface area contributed by atoms with Crippen LogP contribution in [0.25, 0.3) is 105 Å². The lowest BCUT2D eigenvalue weighted by Gasteiger charge is -2.12. The zero-order valence-electron chi connectivity index (χ0n) is 29.1. The zero-order chi connectivity index (χ0) is 35.6. The van der Waals surface area contributed by atoms with Crippen LogP contribution in [0.5, 0.6) is 0 Å². The fourth-order valence-electron chi connectivity index (χ4n) is 8.14. The summed E-state index contributed by atoms with van der Waals surface area (Å²) in [5.74, 6) is 0. The van der Waals surface area contributed by atoms with Gasteiger partial charge in [-0.1, -0.05) is 133 Å². The first-order valence-corrected chi connectivity index (χ1v) is 18.2. The molecule has 0 aliphatic heterocycles. The van der Waals surface area contributed by atoms with Crippen molar-refractivity contribution in [1.29, 1.82) is 0 Å². The maximum Gasteiger partial charge on any atom is 0.180 e. The Morgan fingerprint density at radius 3 is 1.72 bits per heavy atom. The Kier molecular flexibility index (Phi) is 6.82. The first-order valence-electron chi connectivity index (χ1n) is 18.2. The molecular weight excluding hydrogens is 659 g/mol. The second-order valence-corrected chi connectivity index (χ2v) is 13.8. The Morgan fingerprint density at radius 2 is 1.00 bits per heavy atom. The topological polar surface area (TPSA) is 43.9 Å². The molecular formula is C50H31N3O. The van der Waals surface area contributed by atoms with E-state index in [4.69, 9.17) is 14.4 Å². The van der Waals surface area contributed by atoms with Crippen LogP contribution in [0, 0.1) is 0 Å². The molecule has 0 aliphatic carbocycles. The van der Waals surface area contributed by atoms with Crippen molar-refractivity contribution >= 4 is 54.6 Å². The van der Waals surface area contributed by atoms with Crippen LogP contribution >= 0.6 is 0 Å². The molecule has 11 aromatic rings. The highest BCUT2D eigenvalue weighted by atomic mass is 16.3. The maximum atomic E-state index is 6.49. The second-order valence-electron chi connectivity index (χ2n) is 13.8. The Bertz CT molecular complexity index is 3120. The molecule has 0 bridgehead atoms. The van der Waals surface area contributed by atoms with Gasteiger partial charge in [0.05, 0.1) is 16.4 Å². The van der Waals surface area contributed by atoms with E-state index in [1.807, 2.05) is 6.07 Å². The van der Waals surface area contributed by atoms with Crippen molar-refractivity contribution in [3.8, 4) is 50.3 Å². The standard InChI is InChI=1S/C50H31N3O/c1-3-11-32(12-4-1)37-21-24-44-42(29-37)43-30-38(33-13-5-2-6-14-33)22-25-45(43)53(44)40-19-10-17-36(28-40)35-16-9-18-39(27-35)48-50-49(52-31-51-48)47-41-20-8-7-15-34(41)23-26-46(47)54-50/h1-31H. The molecule has 4 nitrogen and oxygen atoms in total. The van der Waals surface area contributed by atoms with E-state index in [-0.39, 0.29) is 0 Å². The van der Waals surface area contributed by atoms with E-state index in [0.717, 1.165) is 55.3 Å². The van der Waals surface area contributed by atoms with Crippen LogP contribution in [-0.4, -0.2) is 14.5 Å². The van der Waals surface area contributed by atoms with Gasteiger partial charge in [0.15, 0.2) is 5.58 Å². The Balaban J connectivity index is 1.06. The third-order valence-electron chi connectivity index (χ3n) is 10.7. The van der Waals surface area contributed by atoms with Gasteiger partial charge in [-0.3, -0.25) is 0 Å². The number of rotatable bonds is 5. The molecule has 54 heavy (non-hydrogen) atoms. The predicted octanol–water partition coefficient (Wildman–Crippen LogP) is 13.3. The van der Waals surface area contributed by atoms with Gasteiger partial charge in [-0.15, -0.1) is 0 Å². The van der Waals surface area contributed by atoms with Crippen LogP contribution in [0.1, 0.15) is 0 Å². The molecule has 0 atom stereocenters. The summed E-state index contributed by atoms with van der Waals surface area (Å²) in [5, 5.41) is 5.76. The molecule has 0 amide bonds. The smallest absolute Gasteiger partial charge is 0.180 e. The molecule has 252 valence electrons. The molecule has 0 saturated heterocycles. The van der Waals surface area contributed by atoms with E-state index in [1.54, 1.807) is 6.33 Å². The summed E-state index contributed by atoms with van der Waals surface area (Å²) in [6.07, 6.45) is 1.65. The molecule has 3 heterocycles. The van der Waals surface area contributed by atoms with Gasteiger partial charge < -0.3 is 8.98 Å². The van der Waals surface area contributed by atoms with Crippen LogP contribution in [0.15, 0.2) is 193 Å². The van der Waals surface area contributed by atoms with E-state index in [9.17, 15) is 0 Å². The van der Waals surface area contributed by atoms with E-state index < -0.39 is 0 Å². The third-order valence-corrected chi connectivity index (χ3v) is 10.7. The third kappa shape index (κ3) is 4.85. The summed E-state index contributed by atoms with van der Waals surface area (Å²) in [7, 11) is 0. The van der Waals surface area contributed by atoms with Crippen molar-refractivity contribution in [2.75, 3.05) is 0 Å². The fourth-order valence-corrected chi connectivity index (χ4v) is 8.14. The van der Waals surface area contributed by atoms with Crippen LogP contribution in [0.3, 0.4) is 0 Å². The van der Waals surface area contributed by atoms with Gasteiger partial charge in [-0.05, 0) is 92.7 Å². The van der Waals surface area contributed by atoms with Gasteiger partial charge in [0.2, 0.25) is 0 Å². The van der Waals surface area contributed by atoms with Gasteiger partial charge in [0.25, 0.3) is 0 Å². The molecule has 3 aromatic heterocycles. The monoisotopic (exact) mass is 689 g/mol. The highest BCUT2D eigenvalue weighted by Crippen LogP contribution is 2.40. The van der Waals surface area contributed by atoms with E-state index in [2.05, 4.69) is 180 Å². The van der Waals surface area contributed by atoms with Crippen LogP contribution in [-0.2, 0) is 0 Å². The maximum absolute atomic E-state index is 6.49. The minimum atomic E-state index is 0.699. The van der Waals surface area contributed by atoms with Crippen molar-refractivity contribution in [2.45, 2.75) is 0 Å². The van der Waals surface area contributed by atoms with E-state index in [1.165, 1.54) is 44.1 Å². The van der Waals surface area contributed by atoms with Crippen LogP contribution in [0.2, 0.25) is 0 Å². The molecule has 0 radical (unpaired) electrons. The number of aromatic nitrogens is 3. The summed E-state index contributed by atoms with van der Waals surface area (Å²) in [6, 6.07) is 64.8. The van der Waals surface area contributed by atoms with E-state index in [0.29, 0.717) is 5.58 Å². The lowest BCUT2D eigenvalue weighted by molar-refractivity contribution is 0.667. The molecule has 0 fully saturated rings. The van der Waals surface area contributed by atoms with Gasteiger partial charge in [-0.25, -0.2) is 9.97 Å². The summed E-state index contributed by atoms with van der Waals surface area (Å²) in [4.78, 5) is 9.48. The van der Waals surface area contributed by atoms with Crippen LogP contribution in [0.4, 0.5) is 0 Å². The molecule has 0 spiro atoms. The predicted molar refractivity (Wildman–Crippen MR) is 223 cm³/mol. The molecule has 4 heteroatoms. The minimum absolute atomic E-state index is 0.699. The quantitative estimate of drug-likeness (QED) is 0.181. The number of hydrogen-bond acceptors (Lipinski definition) is 3. The minimum Gasteiger partial charge on any atom is -0.452 e. The first-order chi connectivity index (χ1) is 26.8. The lowest BCUT2D eigenvalue weighted by Crippen LogP contribution is -1.94. The molecule has 11 rings (SSSR count). The highest BCUT2D eigenvalue weighted by molar-refractivity contribution is 6.19. The fraction of sp³-hybridized carbons (Fsp3) is 0. The van der Waals surface area contributed by atoms with Gasteiger partial charge >= 0.3 is 0 Å². The summed E-state index contributed by atoms with van der Waals surface area (Å²) >= 11 is 0. The first kappa shape index (κ1) is 30.3. The lowest BCUT2D eigenvalue weighted by atomic mass is 10.0. The summed E-state index contributed by atoms with van der Waals surface area (Å²) in [6.45, 7) is 0. The number of furan rings is 1. The van der Waals surface area contributed by atoms with Gasteiger partial charge in [0, 0.05) is 22.0 Å². The van der Waals surface area contributed by atoms with Gasteiger partial charge in [-0.2, -0.15) is 0 Å². The largest absolute Gasteiger partial charge is 0.452 e. The molecule has 8 aromatic carbocycles. The number of benzene rings is 8. The highest BCUT2D eigenvalue weighted by Gasteiger charge is 2.18. The van der Waals surface area contributed by atoms with Crippen molar-refractivity contribution in [2.24, 2.45) is 0 Å². The van der Waals surface area contributed by atoms with Crippen molar-refractivity contribution in [3.63, 3.8) is 0 Å². The molecule has 0 aliphatic rings. The Morgan fingerprint density at radius 1 is 0.407 bits per heavy atom. The number of fused-ring (bicyclic) bond motifs is 8. The van der Waals surface area contributed by atoms with Gasteiger partial charge in [0.1, 0.15) is 23.1 Å². The van der Waals surface area contributed by atoms with Crippen LogP contribution < -0.4 is 0 Å². The summed E-state index contributed by atoms with van der Waals surface area (Å²) < 4.78 is 8.88. The molecule has 0 unspecified atom stereocenters. The average Bonchev–Trinajstić information content (AvgIpc) is 3.80.